The molecule has 0 aliphatic rings. The summed E-state index contributed by atoms with van der Waals surface area (Å²) in [6.07, 6.45) is 16.5. The average Bonchev–Trinajstić information content (AvgIpc) is 2.42. The first-order valence-electron chi connectivity index (χ1n) is 9.28. The molecule has 126 valence electrons. The second-order valence-corrected chi connectivity index (χ2v) is 7.25. The quantitative estimate of drug-likeness (QED) is 0.293. The van der Waals surface area contributed by atoms with Crippen LogP contribution in [0.4, 0.5) is 0 Å². The molecule has 0 aliphatic carbocycles. The van der Waals surface area contributed by atoms with Gasteiger partial charge in [-0.25, -0.2) is 0 Å². The molecule has 1 heteroatoms. The lowest BCUT2D eigenvalue weighted by Gasteiger charge is -2.21. The predicted molar refractivity (Wildman–Crippen MR) is 95.7 cm³/mol. The van der Waals surface area contributed by atoms with Crippen LogP contribution in [-0.4, -0.2) is 10.7 Å². The zero-order valence-electron chi connectivity index (χ0n) is 15.4. The maximum atomic E-state index is 9.98. The Labute approximate surface area is 134 Å². The number of hydrogen-bond donors (Lipinski definition) is 1. The van der Waals surface area contributed by atoms with Crippen LogP contribution in [0.15, 0.2) is 11.1 Å². The second-order valence-electron chi connectivity index (χ2n) is 7.25. The first-order valence-corrected chi connectivity index (χ1v) is 9.28. The highest BCUT2D eigenvalue weighted by Crippen LogP contribution is 2.22. The summed E-state index contributed by atoms with van der Waals surface area (Å²) in [6, 6.07) is 0. The first kappa shape index (κ1) is 20.7. The third kappa shape index (κ3) is 12.0. The van der Waals surface area contributed by atoms with Crippen molar-refractivity contribution in [3.05, 3.63) is 11.1 Å². The van der Waals surface area contributed by atoms with Gasteiger partial charge in [-0.1, -0.05) is 76.7 Å². The van der Waals surface area contributed by atoms with Crippen LogP contribution in [0.2, 0.25) is 0 Å². The van der Waals surface area contributed by atoms with Crippen LogP contribution in [-0.2, 0) is 0 Å². The molecule has 1 nitrogen and oxygen atoms in total. The lowest BCUT2D eigenvalue weighted by atomic mass is 9.92. The Kier molecular flexibility index (Phi) is 12.1. The zero-order valence-corrected chi connectivity index (χ0v) is 15.4. The Bertz CT molecular complexity index is 270. The molecule has 0 bridgehead atoms. The lowest BCUT2D eigenvalue weighted by molar-refractivity contribution is 0.118. The highest BCUT2D eigenvalue weighted by molar-refractivity contribution is 5.18. The summed E-state index contributed by atoms with van der Waals surface area (Å²) < 4.78 is 0. The van der Waals surface area contributed by atoms with E-state index in [-0.39, 0.29) is 0 Å². The molecular formula is C20H40O. The van der Waals surface area contributed by atoms with Crippen LogP contribution in [0.25, 0.3) is 0 Å². The summed E-state index contributed by atoms with van der Waals surface area (Å²) in [6.45, 7) is 10.3. The molecule has 0 rings (SSSR count). The predicted octanol–water partition coefficient (Wildman–Crippen LogP) is 6.79. The van der Waals surface area contributed by atoms with Gasteiger partial charge in [0, 0.05) is 0 Å². The van der Waals surface area contributed by atoms with Crippen LogP contribution in [0.3, 0.4) is 0 Å². The Morgan fingerprint density at radius 3 is 1.48 bits per heavy atom. The molecule has 0 radical (unpaired) electrons. The molecule has 0 spiro atoms. The monoisotopic (exact) mass is 296 g/mol. The molecule has 0 aromatic carbocycles. The highest BCUT2D eigenvalue weighted by Gasteiger charge is 2.16. The van der Waals surface area contributed by atoms with Gasteiger partial charge in [-0.05, 0) is 46.1 Å². The summed E-state index contributed by atoms with van der Waals surface area (Å²) in [5.41, 5.74) is 1.87. The summed E-state index contributed by atoms with van der Waals surface area (Å²) in [5.74, 6) is 0. The van der Waals surface area contributed by atoms with Crippen LogP contribution in [0.5, 0.6) is 0 Å². The summed E-state index contributed by atoms with van der Waals surface area (Å²) in [7, 11) is 0. The molecule has 0 aromatic heterocycles. The van der Waals surface area contributed by atoms with Gasteiger partial charge in [0.25, 0.3) is 0 Å². The van der Waals surface area contributed by atoms with Gasteiger partial charge in [-0.15, -0.1) is 0 Å². The van der Waals surface area contributed by atoms with Gasteiger partial charge in [0.05, 0.1) is 5.60 Å². The van der Waals surface area contributed by atoms with E-state index in [0.29, 0.717) is 0 Å². The number of allylic oxidation sites excluding steroid dienone is 1. The molecular weight excluding hydrogens is 256 g/mol. The van der Waals surface area contributed by atoms with E-state index in [1.54, 1.807) is 0 Å². The van der Waals surface area contributed by atoms with E-state index in [2.05, 4.69) is 20.8 Å². The van der Waals surface area contributed by atoms with Gasteiger partial charge in [0.15, 0.2) is 0 Å². The van der Waals surface area contributed by atoms with E-state index in [0.717, 1.165) is 12.0 Å². The molecule has 0 heterocycles. The molecule has 1 N–H and O–H groups in total. The lowest BCUT2D eigenvalue weighted by Crippen LogP contribution is -2.21. The Hall–Kier alpha value is -0.300. The second kappa shape index (κ2) is 12.3. The fourth-order valence-corrected chi connectivity index (χ4v) is 2.76. The van der Waals surface area contributed by atoms with Gasteiger partial charge < -0.3 is 5.11 Å². The molecule has 0 fully saturated rings. The molecule has 0 amide bonds. The molecule has 0 unspecified atom stereocenters. The van der Waals surface area contributed by atoms with Gasteiger partial charge in [-0.2, -0.15) is 0 Å². The molecule has 21 heavy (non-hydrogen) atoms. The number of rotatable bonds is 13. The number of aliphatic hydroxyl groups is 1. The minimum atomic E-state index is -0.651. The van der Waals surface area contributed by atoms with Crippen molar-refractivity contribution in [3.63, 3.8) is 0 Å². The van der Waals surface area contributed by atoms with E-state index in [1.807, 2.05) is 13.8 Å². The Balaban J connectivity index is 3.45. The van der Waals surface area contributed by atoms with Gasteiger partial charge >= 0.3 is 0 Å². The van der Waals surface area contributed by atoms with E-state index < -0.39 is 5.60 Å². The SMILES string of the molecule is CCCCCCCCCCCCCC(C)=C(C)C(C)(C)O. The maximum absolute atomic E-state index is 9.98. The largest absolute Gasteiger partial charge is 0.386 e. The van der Waals surface area contributed by atoms with Crippen molar-refractivity contribution >= 4 is 0 Å². The van der Waals surface area contributed by atoms with Crippen LogP contribution >= 0.6 is 0 Å². The maximum Gasteiger partial charge on any atom is 0.0800 e. The molecule has 0 aromatic rings. The van der Waals surface area contributed by atoms with Crippen LogP contribution < -0.4 is 0 Å². The Morgan fingerprint density at radius 1 is 0.714 bits per heavy atom. The fraction of sp³-hybridized carbons (Fsp3) is 0.900. The van der Waals surface area contributed by atoms with E-state index in [9.17, 15) is 5.11 Å². The third-order valence-corrected chi connectivity index (χ3v) is 4.71. The van der Waals surface area contributed by atoms with E-state index >= 15 is 0 Å². The molecule has 0 saturated heterocycles. The van der Waals surface area contributed by atoms with E-state index in [1.165, 1.54) is 76.2 Å². The minimum absolute atomic E-state index is 0.651. The standard InChI is InChI=1S/C20H40O/c1-6-7-8-9-10-11-12-13-14-15-16-17-18(2)19(3)20(4,5)21/h21H,6-17H2,1-5H3. The van der Waals surface area contributed by atoms with Crippen molar-refractivity contribution in [1.82, 2.24) is 0 Å². The van der Waals surface area contributed by atoms with Gasteiger partial charge in [0.2, 0.25) is 0 Å². The van der Waals surface area contributed by atoms with Crippen molar-refractivity contribution in [2.24, 2.45) is 0 Å². The number of hydrogen-bond acceptors (Lipinski definition) is 1. The summed E-state index contributed by atoms with van der Waals surface area (Å²) in [5, 5.41) is 9.98. The highest BCUT2D eigenvalue weighted by atomic mass is 16.3. The normalized spacial score (nSPS) is 13.4. The summed E-state index contributed by atoms with van der Waals surface area (Å²) in [4.78, 5) is 0. The molecule has 0 atom stereocenters. The smallest absolute Gasteiger partial charge is 0.0800 e. The molecule has 0 saturated carbocycles. The van der Waals surface area contributed by atoms with Gasteiger partial charge in [-0.3, -0.25) is 0 Å². The average molecular weight is 297 g/mol. The van der Waals surface area contributed by atoms with Gasteiger partial charge in [0.1, 0.15) is 0 Å². The number of unbranched alkanes of at least 4 members (excludes halogenated alkanes) is 10. The van der Waals surface area contributed by atoms with Crippen molar-refractivity contribution < 1.29 is 5.11 Å². The minimum Gasteiger partial charge on any atom is -0.386 e. The first-order chi connectivity index (χ1) is 9.89. The third-order valence-electron chi connectivity index (χ3n) is 4.71. The van der Waals surface area contributed by atoms with E-state index in [4.69, 9.17) is 0 Å². The fourth-order valence-electron chi connectivity index (χ4n) is 2.76. The van der Waals surface area contributed by atoms with Crippen LogP contribution in [0, 0.1) is 0 Å². The van der Waals surface area contributed by atoms with Crippen LogP contribution in [0.1, 0.15) is 112 Å². The molecule has 0 aliphatic heterocycles. The van der Waals surface area contributed by atoms with Crippen molar-refractivity contribution in [3.8, 4) is 0 Å². The Morgan fingerprint density at radius 2 is 1.10 bits per heavy atom. The summed E-state index contributed by atoms with van der Waals surface area (Å²) >= 11 is 0. The topological polar surface area (TPSA) is 20.2 Å². The zero-order chi connectivity index (χ0) is 16.1. The van der Waals surface area contributed by atoms with Crippen molar-refractivity contribution in [2.45, 2.75) is 117 Å². The van der Waals surface area contributed by atoms with Crippen molar-refractivity contribution in [2.75, 3.05) is 0 Å². The van der Waals surface area contributed by atoms with Crippen molar-refractivity contribution in [1.29, 1.82) is 0 Å².